The molecule has 0 saturated heterocycles. The third kappa shape index (κ3) is 4.06. The maximum absolute atomic E-state index is 5.54. The minimum atomic E-state index is 0.257. The number of hydrogen-bond acceptors (Lipinski definition) is 8. The van der Waals surface area contributed by atoms with Crippen LogP contribution >= 0.6 is 0 Å². The van der Waals surface area contributed by atoms with Gasteiger partial charge in [-0.2, -0.15) is 0 Å². The van der Waals surface area contributed by atoms with Crippen molar-refractivity contribution in [2.75, 3.05) is 32.9 Å². The Morgan fingerprint density at radius 3 is 2.84 bits per heavy atom. The Labute approximate surface area is 180 Å². The highest BCUT2D eigenvalue weighted by atomic mass is 16.7. The molecule has 31 heavy (non-hydrogen) atoms. The van der Waals surface area contributed by atoms with E-state index in [0.717, 1.165) is 71.6 Å². The molecule has 2 aliphatic heterocycles. The standard InChI is InChI=1S/C23H24N4O4/c1-28-18-5-3-15(21(10-18)29-2)12-27-8-7-19-16(13-27)11-24-23(26-19)25-17-4-6-20-22(9-17)31-14-30-20/h3-6,9-11H,7-8,12-14H2,1-2H3,(H,24,25,26). The van der Waals surface area contributed by atoms with E-state index in [1.54, 1.807) is 14.2 Å². The Hall–Kier alpha value is -3.52. The second-order valence-electron chi connectivity index (χ2n) is 7.50. The molecular weight excluding hydrogens is 396 g/mol. The molecule has 0 radical (unpaired) electrons. The van der Waals surface area contributed by atoms with Gasteiger partial charge in [0.2, 0.25) is 12.7 Å². The van der Waals surface area contributed by atoms with Gasteiger partial charge in [0.05, 0.1) is 19.9 Å². The highest BCUT2D eigenvalue weighted by Gasteiger charge is 2.20. The number of hydrogen-bond donors (Lipinski definition) is 1. The summed E-state index contributed by atoms with van der Waals surface area (Å²) >= 11 is 0. The molecular formula is C23H24N4O4. The average Bonchev–Trinajstić information content (AvgIpc) is 3.27. The zero-order valence-electron chi connectivity index (χ0n) is 17.6. The lowest BCUT2D eigenvalue weighted by Gasteiger charge is -2.28. The van der Waals surface area contributed by atoms with Gasteiger partial charge in [-0.3, -0.25) is 4.90 Å². The molecule has 5 rings (SSSR count). The van der Waals surface area contributed by atoms with Gasteiger partial charge in [0, 0.05) is 61.2 Å². The summed E-state index contributed by atoms with van der Waals surface area (Å²) in [5, 5.41) is 3.26. The minimum Gasteiger partial charge on any atom is -0.497 e. The van der Waals surface area contributed by atoms with Crippen molar-refractivity contribution in [1.82, 2.24) is 14.9 Å². The smallest absolute Gasteiger partial charge is 0.231 e. The molecule has 0 spiro atoms. The summed E-state index contributed by atoms with van der Waals surface area (Å²) in [6.45, 7) is 2.77. The molecule has 0 bridgehead atoms. The van der Waals surface area contributed by atoms with Crippen LogP contribution in [0.4, 0.5) is 11.6 Å². The van der Waals surface area contributed by atoms with Gasteiger partial charge in [0.15, 0.2) is 11.5 Å². The number of methoxy groups -OCH3 is 2. The number of nitrogens with one attached hydrogen (secondary N) is 1. The van der Waals surface area contributed by atoms with E-state index in [4.69, 9.17) is 23.9 Å². The molecule has 0 saturated carbocycles. The first kappa shape index (κ1) is 19.4. The zero-order valence-corrected chi connectivity index (χ0v) is 17.6. The SMILES string of the molecule is COc1ccc(CN2CCc3nc(Nc4ccc5c(c4)OCO5)ncc3C2)c(OC)c1. The minimum absolute atomic E-state index is 0.257. The fourth-order valence-electron chi connectivity index (χ4n) is 3.90. The lowest BCUT2D eigenvalue weighted by Crippen LogP contribution is -2.31. The van der Waals surface area contributed by atoms with Crippen LogP contribution in [0.25, 0.3) is 0 Å². The quantitative estimate of drug-likeness (QED) is 0.649. The van der Waals surface area contributed by atoms with E-state index >= 15 is 0 Å². The first-order valence-corrected chi connectivity index (χ1v) is 10.2. The molecule has 3 heterocycles. The molecule has 3 aromatic rings. The summed E-state index contributed by atoms with van der Waals surface area (Å²) < 4.78 is 21.6. The molecule has 1 aromatic heterocycles. The van der Waals surface area contributed by atoms with Crippen LogP contribution in [0, 0.1) is 0 Å². The van der Waals surface area contributed by atoms with Crippen LogP contribution in [-0.4, -0.2) is 42.4 Å². The molecule has 0 unspecified atom stereocenters. The molecule has 0 aliphatic carbocycles. The molecule has 0 fully saturated rings. The molecule has 8 nitrogen and oxygen atoms in total. The van der Waals surface area contributed by atoms with E-state index in [9.17, 15) is 0 Å². The lowest BCUT2D eigenvalue weighted by molar-refractivity contribution is 0.174. The molecule has 1 N–H and O–H groups in total. The first-order valence-electron chi connectivity index (χ1n) is 10.2. The van der Waals surface area contributed by atoms with Gasteiger partial charge in [-0.1, -0.05) is 6.07 Å². The van der Waals surface area contributed by atoms with Gasteiger partial charge in [0.25, 0.3) is 0 Å². The summed E-state index contributed by atoms with van der Waals surface area (Å²) in [5.41, 5.74) is 4.23. The number of anilines is 2. The van der Waals surface area contributed by atoms with Crippen LogP contribution in [0.15, 0.2) is 42.6 Å². The maximum Gasteiger partial charge on any atom is 0.231 e. The van der Waals surface area contributed by atoms with Crippen molar-refractivity contribution in [1.29, 1.82) is 0 Å². The van der Waals surface area contributed by atoms with Crippen molar-refractivity contribution >= 4 is 11.6 Å². The van der Waals surface area contributed by atoms with Gasteiger partial charge >= 0.3 is 0 Å². The Bertz CT molecular complexity index is 1100. The molecule has 2 aromatic carbocycles. The summed E-state index contributed by atoms with van der Waals surface area (Å²) in [7, 11) is 3.35. The van der Waals surface area contributed by atoms with Gasteiger partial charge in [-0.15, -0.1) is 0 Å². The van der Waals surface area contributed by atoms with Crippen molar-refractivity contribution in [2.45, 2.75) is 19.5 Å². The predicted octanol–water partition coefficient (Wildman–Crippen LogP) is 3.52. The van der Waals surface area contributed by atoms with Crippen molar-refractivity contribution in [2.24, 2.45) is 0 Å². The Balaban J connectivity index is 1.27. The molecule has 160 valence electrons. The van der Waals surface area contributed by atoms with Gasteiger partial charge in [0.1, 0.15) is 11.5 Å². The average molecular weight is 420 g/mol. The first-order chi connectivity index (χ1) is 15.2. The summed E-state index contributed by atoms with van der Waals surface area (Å²) in [5.74, 6) is 3.70. The van der Waals surface area contributed by atoms with Crippen LogP contribution in [0.1, 0.15) is 16.8 Å². The Morgan fingerprint density at radius 2 is 1.97 bits per heavy atom. The highest BCUT2D eigenvalue weighted by Crippen LogP contribution is 2.35. The van der Waals surface area contributed by atoms with E-state index in [2.05, 4.69) is 21.3 Å². The molecule has 2 aliphatic rings. The molecule has 0 atom stereocenters. The van der Waals surface area contributed by atoms with E-state index in [0.29, 0.717) is 5.95 Å². The number of ether oxygens (including phenoxy) is 4. The number of rotatable bonds is 6. The highest BCUT2D eigenvalue weighted by molar-refractivity contribution is 5.60. The monoisotopic (exact) mass is 420 g/mol. The normalized spacial score (nSPS) is 14.8. The van der Waals surface area contributed by atoms with Crippen molar-refractivity contribution in [3.8, 4) is 23.0 Å². The maximum atomic E-state index is 5.54. The Morgan fingerprint density at radius 1 is 1.06 bits per heavy atom. The number of aromatic nitrogens is 2. The third-order valence-corrected chi connectivity index (χ3v) is 5.53. The number of nitrogens with zero attached hydrogens (tertiary/aromatic N) is 3. The fourth-order valence-corrected chi connectivity index (χ4v) is 3.90. The summed E-state index contributed by atoms with van der Waals surface area (Å²) in [4.78, 5) is 11.6. The second kappa shape index (κ2) is 8.31. The number of benzene rings is 2. The lowest BCUT2D eigenvalue weighted by atomic mass is 10.1. The van der Waals surface area contributed by atoms with E-state index in [-0.39, 0.29) is 6.79 Å². The van der Waals surface area contributed by atoms with E-state index < -0.39 is 0 Å². The van der Waals surface area contributed by atoms with E-state index in [1.807, 2.05) is 36.5 Å². The van der Waals surface area contributed by atoms with Crippen molar-refractivity contribution < 1.29 is 18.9 Å². The fraction of sp³-hybridized carbons (Fsp3) is 0.304. The zero-order chi connectivity index (χ0) is 21.2. The second-order valence-corrected chi connectivity index (χ2v) is 7.50. The largest absolute Gasteiger partial charge is 0.497 e. The summed E-state index contributed by atoms with van der Waals surface area (Å²) in [6.07, 6.45) is 2.78. The number of fused-ring (bicyclic) bond motifs is 2. The third-order valence-electron chi connectivity index (χ3n) is 5.53. The summed E-state index contributed by atoms with van der Waals surface area (Å²) in [6, 6.07) is 11.7. The van der Waals surface area contributed by atoms with Gasteiger partial charge in [-0.05, 0) is 18.2 Å². The van der Waals surface area contributed by atoms with Crippen LogP contribution in [-0.2, 0) is 19.5 Å². The van der Waals surface area contributed by atoms with Crippen LogP contribution in [0.2, 0.25) is 0 Å². The van der Waals surface area contributed by atoms with Gasteiger partial charge in [-0.25, -0.2) is 9.97 Å². The van der Waals surface area contributed by atoms with Crippen LogP contribution in [0.3, 0.4) is 0 Å². The van der Waals surface area contributed by atoms with Crippen molar-refractivity contribution in [3.05, 3.63) is 59.4 Å². The van der Waals surface area contributed by atoms with Crippen LogP contribution in [0.5, 0.6) is 23.0 Å². The Kier molecular flexibility index (Phi) is 5.21. The molecule has 0 amide bonds. The van der Waals surface area contributed by atoms with Gasteiger partial charge < -0.3 is 24.3 Å². The molecule has 8 heteroatoms. The van der Waals surface area contributed by atoms with Crippen molar-refractivity contribution in [3.63, 3.8) is 0 Å². The predicted molar refractivity (Wildman–Crippen MR) is 115 cm³/mol. The van der Waals surface area contributed by atoms with E-state index in [1.165, 1.54) is 0 Å². The van der Waals surface area contributed by atoms with Crippen LogP contribution < -0.4 is 24.3 Å². The topological polar surface area (TPSA) is 78.0 Å².